The van der Waals surface area contributed by atoms with Gasteiger partial charge >= 0.3 is 0 Å². The number of hydrogen-bond donors (Lipinski definition) is 1. The van der Waals surface area contributed by atoms with Crippen LogP contribution >= 0.6 is 0 Å². The SMILES string of the molecule is CCCOc1ccc(NC(=O)C(C)N2C(=O)c3ccccc3C2=O)cc1OCCC. The van der Waals surface area contributed by atoms with Crippen LogP contribution in [0.15, 0.2) is 42.5 Å². The molecule has 158 valence electrons. The lowest BCUT2D eigenvalue weighted by molar-refractivity contribution is -0.119. The summed E-state index contributed by atoms with van der Waals surface area (Å²) in [5.41, 5.74) is 1.13. The molecule has 3 amide bonds. The van der Waals surface area contributed by atoms with Gasteiger partial charge in [-0.2, -0.15) is 0 Å². The van der Waals surface area contributed by atoms with Crippen LogP contribution in [0.4, 0.5) is 5.69 Å². The fourth-order valence-corrected chi connectivity index (χ4v) is 3.17. The van der Waals surface area contributed by atoms with Crippen molar-refractivity contribution in [3.05, 3.63) is 53.6 Å². The number of nitrogens with one attached hydrogen (secondary N) is 1. The van der Waals surface area contributed by atoms with Gasteiger partial charge in [0.05, 0.1) is 24.3 Å². The molecule has 0 radical (unpaired) electrons. The number of imide groups is 1. The molecule has 0 saturated heterocycles. The first-order valence-corrected chi connectivity index (χ1v) is 10.1. The number of carbonyl (C=O) groups excluding carboxylic acids is 3. The second-order valence-electron chi connectivity index (χ2n) is 7.05. The van der Waals surface area contributed by atoms with E-state index in [1.54, 1.807) is 42.5 Å². The molecule has 1 heterocycles. The number of fused-ring (bicyclic) bond motifs is 1. The summed E-state index contributed by atoms with van der Waals surface area (Å²) in [4.78, 5) is 39.0. The Bertz CT molecular complexity index is 921. The molecule has 2 aromatic rings. The van der Waals surface area contributed by atoms with Gasteiger partial charge in [0.1, 0.15) is 6.04 Å². The number of anilines is 1. The average molecular weight is 410 g/mol. The number of nitrogens with zero attached hydrogens (tertiary/aromatic N) is 1. The fraction of sp³-hybridized carbons (Fsp3) is 0.348. The minimum atomic E-state index is -0.964. The van der Waals surface area contributed by atoms with Gasteiger partial charge in [-0.15, -0.1) is 0 Å². The van der Waals surface area contributed by atoms with Gasteiger partial charge in [-0.05, 0) is 44.0 Å². The monoisotopic (exact) mass is 410 g/mol. The lowest BCUT2D eigenvalue weighted by Crippen LogP contribution is -2.45. The molecule has 0 fully saturated rings. The number of rotatable bonds is 9. The molecule has 1 atom stereocenters. The van der Waals surface area contributed by atoms with E-state index in [2.05, 4.69) is 5.32 Å². The third-order valence-corrected chi connectivity index (χ3v) is 4.73. The van der Waals surface area contributed by atoms with Crippen molar-refractivity contribution >= 4 is 23.4 Å². The largest absolute Gasteiger partial charge is 0.490 e. The van der Waals surface area contributed by atoms with Crippen LogP contribution in [0.3, 0.4) is 0 Å². The topological polar surface area (TPSA) is 84.9 Å². The molecule has 1 unspecified atom stereocenters. The molecule has 30 heavy (non-hydrogen) atoms. The van der Waals surface area contributed by atoms with Gasteiger partial charge in [0.25, 0.3) is 11.8 Å². The zero-order valence-electron chi connectivity index (χ0n) is 17.4. The number of hydrogen-bond acceptors (Lipinski definition) is 5. The van der Waals surface area contributed by atoms with Crippen LogP contribution in [0, 0.1) is 0 Å². The smallest absolute Gasteiger partial charge is 0.262 e. The maximum atomic E-state index is 12.8. The van der Waals surface area contributed by atoms with Crippen molar-refractivity contribution in [1.29, 1.82) is 0 Å². The lowest BCUT2D eigenvalue weighted by Gasteiger charge is -2.22. The Morgan fingerprint density at radius 1 is 0.933 bits per heavy atom. The molecular formula is C23H26N2O5. The number of ether oxygens (including phenoxy) is 2. The van der Waals surface area contributed by atoms with Crippen LogP contribution in [0.5, 0.6) is 11.5 Å². The van der Waals surface area contributed by atoms with E-state index in [-0.39, 0.29) is 0 Å². The summed E-state index contributed by atoms with van der Waals surface area (Å²) >= 11 is 0. The summed E-state index contributed by atoms with van der Waals surface area (Å²) < 4.78 is 11.4. The minimum absolute atomic E-state index is 0.315. The molecule has 1 aliphatic rings. The number of benzene rings is 2. The Kier molecular flexibility index (Phi) is 6.72. The summed E-state index contributed by atoms with van der Waals surface area (Å²) in [6, 6.07) is 10.7. The molecular weight excluding hydrogens is 384 g/mol. The van der Waals surface area contributed by atoms with E-state index < -0.39 is 23.8 Å². The predicted molar refractivity (Wildman–Crippen MR) is 113 cm³/mol. The van der Waals surface area contributed by atoms with E-state index in [0.29, 0.717) is 41.5 Å². The van der Waals surface area contributed by atoms with Crippen LogP contribution in [0.25, 0.3) is 0 Å². The van der Waals surface area contributed by atoms with Crippen LogP contribution in [0.1, 0.15) is 54.3 Å². The molecule has 2 aromatic carbocycles. The van der Waals surface area contributed by atoms with E-state index in [4.69, 9.17) is 9.47 Å². The first kappa shape index (κ1) is 21.4. The lowest BCUT2D eigenvalue weighted by atomic mass is 10.1. The molecule has 0 saturated carbocycles. The first-order chi connectivity index (χ1) is 14.5. The van der Waals surface area contributed by atoms with Crippen LogP contribution in [0.2, 0.25) is 0 Å². The van der Waals surface area contributed by atoms with Crippen molar-refractivity contribution < 1.29 is 23.9 Å². The fourth-order valence-electron chi connectivity index (χ4n) is 3.17. The summed E-state index contributed by atoms with van der Waals surface area (Å²) in [6.45, 7) is 6.63. The Hall–Kier alpha value is -3.35. The van der Waals surface area contributed by atoms with Gasteiger partial charge in [-0.1, -0.05) is 26.0 Å². The first-order valence-electron chi connectivity index (χ1n) is 10.1. The predicted octanol–water partition coefficient (Wildman–Crippen LogP) is 3.89. The zero-order chi connectivity index (χ0) is 21.7. The molecule has 7 nitrogen and oxygen atoms in total. The van der Waals surface area contributed by atoms with E-state index in [0.717, 1.165) is 17.7 Å². The summed E-state index contributed by atoms with van der Waals surface area (Å²) in [5.74, 6) is -0.247. The van der Waals surface area contributed by atoms with Crippen molar-refractivity contribution in [1.82, 2.24) is 4.90 Å². The molecule has 1 aliphatic heterocycles. The Morgan fingerprint density at radius 2 is 1.50 bits per heavy atom. The van der Waals surface area contributed by atoms with E-state index in [1.807, 2.05) is 13.8 Å². The van der Waals surface area contributed by atoms with E-state index in [1.165, 1.54) is 6.92 Å². The van der Waals surface area contributed by atoms with Crippen LogP contribution in [-0.4, -0.2) is 41.9 Å². The second kappa shape index (κ2) is 9.43. The van der Waals surface area contributed by atoms with E-state index >= 15 is 0 Å². The van der Waals surface area contributed by atoms with Crippen molar-refractivity contribution in [3.63, 3.8) is 0 Å². The quantitative estimate of drug-likeness (QED) is 0.634. The molecule has 3 rings (SSSR count). The third-order valence-electron chi connectivity index (χ3n) is 4.73. The normalized spacial score (nSPS) is 13.8. The van der Waals surface area contributed by atoms with E-state index in [9.17, 15) is 14.4 Å². The number of carbonyl (C=O) groups is 3. The number of amides is 3. The maximum absolute atomic E-state index is 12.8. The highest BCUT2D eigenvalue weighted by molar-refractivity contribution is 6.23. The highest BCUT2D eigenvalue weighted by Gasteiger charge is 2.40. The minimum Gasteiger partial charge on any atom is -0.490 e. The van der Waals surface area contributed by atoms with Crippen molar-refractivity contribution in [2.24, 2.45) is 0 Å². The zero-order valence-corrected chi connectivity index (χ0v) is 17.4. The molecule has 7 heteroatoms. The standard InChI is InChI=1S/C23H26N2O5/c1-4-12-29-19-11-10-16(14-20(19)30-13-5-2)24-21(26)15(3)25-22(27)17-8-6-7-9-18(17)23(25)28/h6-11,14-15H,4-5,12-13H2,1-3H3,(H,24,26). The van der Waals surface area contributed by atoms with Gasteiger partial charge in [-0.25, -0.2) is 0 Å². The third kappa shape index (κ3) is 4.30. The van der Waals surface area contributed by atoms with Crippen molar-refractivity contribution in [2.75, 3.05) is 18.5 Å². The molecule has 1 N–H and O–H groups in total. The van der Waals surface area contributed by atoms with Gasteiger partial charge in [0.15, 0.2) is 11.5 Å². The van der Waals surface area contributed by atoms with Gasteiger partial charge in [-0.3, -0.25) is 19.3 Å². The average Bonchev–Trinajstić information content (AvgIpc) is 3.01. The van der Waals surface area contributed by atoms with Gasteiger partial charge in [0, 0.05) is 11.8 Å². The highest BCUT2D eigenvalue weighted by atomic mass is 16.5. The maximum Gasteiger partial charge on any atom is 0.262 e. The van der Waals surface area contributed by atoms with Gasteiger partial charge in [0.2, 0.25) is 5.91 Å². The molecule has 0 spiro atoms. The van der Waals surface area contributed by atoms with Crippen molar-refractivity contribution in [2.45, 2.75) is 39.7 Å². The summed E-state index contributed by atoms with van der Waals surface area (Å²) in [5, 5.41) is 2.77. The van der Waals surface area contributed by atoms with Crippen LogP contribution in [-0.2, 0) is 4.79 Å². The molecule has 0 aliphatic carbocycles. The van der Waals surface area contributed by atoms with Gasteiger partial charge < -0.3 is 14.8 Å². The second-order valence-corrected chi connectivity index (χ2v) is 7.05. The molecule has 0 bridgehead atoms. The van der Waals surface area contributed by atoms with Crippen molar-refractivity contribution in [3.8, 4) is 11.5 Å². The van der Waals surface area contributed by atoms with Crippen LogP contribution < -0.4 is 14.8 Å². The Labute approximate surface area is 176 Å². The molecule has 0 aromatic heterocycles. The summed E-state index contributed by atoms with van der Waals surface area (Å²) in [6.07, 6.45) is 1.70. The highest BCUT2D eigenvalue weighted by Crippen LogP contribution is 2.31. The summed E-state index contributed by atoms with van der Waals surface area (Å²) in [7, 11) is 0. The Morgan fingerprint density at radius 3 is 2.07 bits per heavy atom. The Balaban J connectivity index is 1.75.